The van der Waals surface area contributed by atoms with Crippen molar-refractivity contribution in [3.63, 3.8) is 0 Å². The number of hydrazine groups is 1. The number of benzene rings is 1. The Bertz CT molecular complexity index is 1080. The topological polar surface area (TPSA) is 121 Å². The highest BCUT2D eigenvalue weighted by molar-refractivity contribution is 7.89. The Morgan fingerprint density at radius 2 is 1.97 bits per heavy atom. The number of rotatable bonds is 5. The van der Waals surface area contributed by atoms with E-state index in [9.17, 15) is 18.0 Å². The number of carbonyl (C=O) groups is 2. The van der Waals surface area contributed by atoms with Gasteiger partial charge in [-0.05, 0) is 30.2 Å². The summed E-state index contributed by atoms with van der Waals surface area (Å²) in [5.74, 6) is -0.729. The first-order valence-corrected chi connectivity index (χ1v) is 11.7. The van der Waals surface area contributed by atoms with Crippen LogP contribution in [0.15, 0.2) is 28.5 Å². The first kappa shape index (κ1) is 20.7. The summed E-state index contributed by atoms with van der Waals surface area (Å²) < 4.78 is 30.5. The smallest absolute Gasteiger partial charge is 0.285 e. The molecule has 0 saturated carbocycles. The number of amides is 2. The van der Waals surface area contributed by atoms with Crippen LogP contribution in [0.3, 0.4) is 0 Å². The van der Waals surface area contributed by atoms with Gasteiger partial charge < -0.3 is 14.5 Å². The predicted molar refractivity (Wildman–Crippen MR) is 111 cm³/mol. The molecule has 2 aliphatic rings. The van der Waals surface area contributed by atoms with Crippen LogP contribution in [-0.4, -0.2) is 58.1 Å². The Hall–Kier alpha value is -2.54. The molecule has 4 rings (SSSR count). The number of carbonyl (C=O) groups excluding carboxylic acids is 2. The van der Waals surface area contributed by atoms with Crippen molar-refractivity contribution in [1.29, 1.82) is 0 Å². The molecule has 1 aromatic heterocycles. The maximum atomic E-state index is 12.6. The normalized spacial score (nSPS) is 16.4. The molecule has 0 radical (unpaired) electrons. The van der Waals surface area contributed by atoms with Crippen LogP contribution >= 0.6 is 11.3 Å². The first-order valence-electron chi connectivity index (χ1n) is 9.36. The van der Waals surface area contributed by atoms with Gasteiger partial charge in [0.15, 0.2) is 5.13 Å². The minimum atomic E-state index is -3.97. The SMILES string of the molecule is CC(=O)N1CCc2cc(S(=O)(=O)NNC(=O)c3csc(N4CCOCC4)n3)ccc21. The number of morpholine rings is 1. The second-order valence-corrected chi connectivity index (χ2v) is 9.40. The van der Waals surface area contributed by atoms with E-state index < -0.39 is 15.9 Å². The number of sulfonamides is 1. The molecule has 1 aromatic carbocycles. The molecule has 10 nitrogen and oxygen atoms in total. The van der Waals surface area contributed by atoms with Crippen LogP contribution in [0.4, 0.5) is 10.8 Å². The molecule has 3 heterocycles. The van der Waals surface area contributed by atoms with E-state index in [2.05, 4.69) is 15.2 Å². The van der Waals surface area contributed by atoms with Gasteiger partial charge in [0.2, 0.25) is 5.91 Å². The van der Waals surface area contributed by atoms with Crippen LogP contribution in [0.5, 0.6) is 0 Å². The number of anilines is 2. The van der Waals surface area contributed by atoms with E-state index in [1.165, 1.54) is 30.4 Å². The lowest BCUT2D eigenvalue weighted by Crippen LogP contribution is -2.41. The summed E-state index contributed by atoms with van der Waals surface area (Å²) in [6, 6.07) is 4.54. The van der Waals surface area contributed by atoms with Crippen molar-refractivity contribution < 1.29 is 22.7 Å². The zero-order valence-electron chi connectivity index (χ0n) is 16.3. The molecule has 2 aromatic rings. The van der Waals surface area contributed by atoms with E-state index in [1.807, 2.05) is 4.90 Å². The minimum Gasteiger partial charge on any atom is -0.378 e. The molecule has 12 heteroatoms. The van der Waals surface area contributed by atoms with E-state index in [0.29, 0.717) is 50.1 Å². The lowest BCUT2D eigenvalue weighted by Gasteiger charge is -2.25. The lowest BCUT2D eigenvalue weighted by atomic mass is 10.2. The second kappa shape index (κ2) is 8.30. The van der Waals surface area contributed by atoms with Gasteiger partial charge in [0.05, 0.1) is 18.1 Å². The molecular weight excluding hydrogens is 430 g/mol. The Balaban J connectivity index is 1.41. The third-order valence-corrected chi connectivity index (χ3v) is 7.09. The van der Waals surface area contributed by atoms with E-state index >= 15 is 0 Å². The summed E-state index contributed by atoms with van der Waals surface area (Å²) in [5, 5.41) is 2.28. The van der Waals surface area contributed by atoms with E-state index in [1.54, 1.807) is 16.3 Å². The predicted octanol–water partition coefficient (Wildman–Crippen LogP) is 0.512. The van der Waals surface area contributed by atoms with Gasteiger partial charge >= 0.3 is 0 Å². The largest absolute Gasteiger partial charge is 0.378 e. The summed E-state index contributed by atoms with van der Waals surface area (Å²) >= 11 is 1.32. The number of hydrogen-bond donors (Lipinski definition) is 2. The monoisotopic (exact) mass is 451 g/mol. The van der Waals surface area contributed by atoms with Crippen molar-refractivity contribution in [1.82, 2.24) is 15.2 Å². The van der Waals surface area contributed by atoms with E-state index in [-0.39, 0.29) is 16.5 Å². The number of nitrogens with zero attached hydrogens (tertiary/aromatic N) is 3. The van der Waals surface area contributed by atoms with Crippen LogP contribution < -0.4 is 20.1 Å². The quantitative estimate of drug-likeness (QED) is 0.636. The van der Waals surface area contributed by atoms with Gasteiger partial charge in [-0.3, -0.25) is 15.0 Å². The van der Waals surface area contributed by atoms with Gasteiger partial charge in [0.25, 0.3) is 15.9 Å². The van der Waals surface area contributed by atoms with Crippen LogP contribution in [0.1, 0.15) is 23.0 Å². The number of hydrogen-bond acceptors (Lipinski definition) is 8. The third-order valence-electron chi connectivity index (χ3n) is 4.94. The van der Waals surface area contributed by atoms with Gasteiger partial charge in [0, 0.05) is 37.6 Å². The number of ether oxygens (including phenoxy) is 1. The highest BCUT2D eigenvalue weighted by Crippen LogP contribution is 2.30. The number of nitrogens with one attached hydrogen (secondary N) is 2. The van der Waals surface area contributed by atoms with Crippen LogP contribution in [0, 0.1) is 0 Å². The van der Waals surface area contributed by atoms with Crippen molar-refractivity contribution >= 4 is 44.0 Å². The zero-order chi connectivity index (χ0) is 21.3. The molecule has 1 saturated heterocycles. The third kappa shape index (κ3) is 4.17. The van der Waals surface area contributed by atoms with Crippen molar-refractivity contribution in [3.05, 3.63) is 34.8 Å². The molecule has 0 bridgehead atoms. The first-order chi connectivity index (χ1) is 14.3. The molecular formula is C18H21N5O5S2. The molecule has 0 spiro atoms. The Morgan fingerprint density at radius 1 is 1.20 bits per heavy atom. The average Bonchev–Trinajstić information content (AvgIpc) is 3.39. The standard InChI is InChI=1S/C18H21N5O5S2/c1-12(24)23-5-4-13-10-14(2-3-16(13)23)30(26,27)21-20-17(25)15-11-29-18(19-15)22-6-8-28-9-7-22/h2-3,10-11,21H,4-9H2,1H3,(H,20,25). The lowest BCUT2D eigenvalue weighted by molar-refractivity contribution is -0.116. The van der Waals surface area contributed by atoms with Crippen LogP contribution in [0.25, 0.3) is 0 Å². The average molecular weight is 452 g/mol. The zero-order valence-corrected chi connectivity index (χ0v) is 17.9. The van der Waals surface area contributed by atoms with Crippen molar-refractivity contribution in [2.45, 2.75) is 18.2 Å². The summed E-state index contributed by atoms with van der Waals surface area (Å²) in [4.78, 5) is 34.0. The van der Waals surface area contributed by atoms with Gasteiger partial charge in [0.1, 0.15) is 5.69 Å². The molecule has 2 amide bonds. The fourth-order valence-corrected chi connectivity index (χ4v) is 5.13. The van der Waals surface area contributed by atoms with Gasteiger partial charge in [-0.1, -0.05) is 0 Å². The van der Waals surface area contributed by atoms with E-state index in [0.717, 1.165) is 5.56 Å². The summed E-state index contributed by atoms with van der Waals surface area (Å²) in [5.41, 5.74) is 3.83. The van der Waals surface area contributed by atoms with Crippen molar-refractivity contribution in [2.24, 2.45) is 0 Å². The Morgan fingerprint density at radius 3 is 2.70 bits per heavy atom. The summed E-state index contributed by atoms with van der Waals surface area (Å²) in [6.45, 7) is 4.59. The summed E-state index contributed by atoms with van der Waals surface area (Å²) in [6.07, 6.45) is 0.577. The molecule has 2 aliphatic heterocycles. The molecule has 160 valence electrons. The van der Waals surface area contributed by atoms with Gasteiger partial charge in [-0.15, -0.1) is 16.2 Å². The van der Waals surface area contributed by atoms with Crippen molar-refractivity contribution in [3.8, 4) is 0 Å². The van der Waals surface area contributed by atoms with Crippen LogP contribution in [0.2, 0.25) is 0 Å². The van der Waals surface area contributed by atoms with E-state index in [4.69, 9.17) is 4.74 Å². The Labute approximate surface area is 177 Å². The molecule has 2 N–H and O–H groups in total. The van der Waals surface area contributed by atoms with Gasteiger partial charge in [-0.25, -0.2) is 13.4 Å². The molecule has 0 unspecified atom stereocenters. The molecule has 30 heavy (non-hydrogen) atoms. The highest BCUT2D eigenvalue weighted by Gasteiger charge is 2.25. The van der Waals surface area contributed by atoms with Crippen molar-refractivity contribution in [2.75, 3.05) is 42.6 Å². The molecule has 1 fully saturated rings. The molecule has 0 aliphatic carbocycles. The minimum absolute atomic E-state index is 0.0132. The van der Waals surface area contributed by atoms with Crippen LogP contribution in [-0.2, 0) is 26.0 Å². The number of fused-ring (bicyclic) bond motifs is 1. The maximum absolute atomic E-state index is 12.6. The fourth-order valence-electron chi connectivity index (χ4n) is 3.38. The maximum Gasteiger partial charge on any atom is 0.285 e. The summed E-state index contributed by atoms with van der Waals surface area (Å²) in [7, 11) is -3.97. The fraction of sp³-hybridized carbons (Fsp3) is 0.389. The number of aromatic nitrogens is 1. The highest BCUT2D eigenvalue weighted by atomic mass is 32.2. The van der Waals surface area contributed by atoms with Gasteiger partial charge in [-0.2, -0.15) is 0 Å². The Kier molecular flexibility index (Phi) is 5.73. The number of thiazole rings is 1. The molecule has 0 atom stereocenters. The second-order valence-electron chi connectivity index (χ2n) is 6.89.